The Morgan fingerprint density at radius 2 is 2.05 bits per heavy atom. The van der Waals surface area contributed by atoms with Gasteiger partial charge in [0.15, 0.2) is 0 Å². The number of carbonyl (C=O) groups is 1. The van der Waals surface area contributed by atoms with Crippen LogP contribution in [0.25, 0.3) is 0 Å². The molecule has 21 heavy (non-hydrogen) atoms. The summed E-state index contributed by atoms with van der Waals surface area (Å²) >= 11 is 0. The van der Waals surface area contributed by atoms with E-state index in [1.165, 1.54) is 0 Å². The molecule has 0 aliphatic heterocycles. The highest BCUT2D eigenvalue weighted by atomic mass is 32.2. The van der Waals surface area contributed by atoms with Crippen LogP contribution in [0.5, 0.6) is 0 Å². The smallest absolute Gasteiger partial charge is 0.239 e. The zero-order valence-electron chi connectivity index (χ0n) is 12.9. The number of likely N-dealkylation sites (N-methyl/N-ethyl adjacent to an activating group) is 1. The lowest BCUT2D eigenvalue weighted by Gasteiger charge is -2.24. The van der Waals surface area contributed by atoms with Gasteiger partial charge in [0.05, 0.1) is 11.8 Å². The molecule has 0 heterocycles. The maximum absolute atomic E-state index is 12.3. The van der Waals surface area contributed by atoms with Gasteiger partial charge in [-0.3, -0.25) is 4.79 Å². The van der Waals surface area contributed by atoms with Gasteiger partial charge in [-0.25, -0.2) is 8.42 Å². The molecular weight excluding hydrogens is 288 g/mol. The van der Waals surface area contributed by atoms with E-state index < -0.39 is 15.9 Å². The van der Waals surface area contributed by atoms with Crippen molar-refractivity contribution in [2.45, 2.75) is 32.9 Å². The lowest BCUT2D eigenvalue weighted by atomic mass is 10.1. The molecule has 118 valence electrons. The number of nitrogens with two attached hydrogens (primary N) is 1. The van der Waals surface area contributed by atoms with Crippen LogP contribution in [-0.2, 0) is 21.2 Å². The third-order valence-electron chi connectivity index (χ3n) is 3.27. The normalized spacial score (nSPS) is 13.0. The van der Waals surface area contributed by atoms with Crippen molar-refractivity contribution in [1.29, 1.82) is 0 Å². The first kappa shape index (κ1) is 17.7. The predicted molar refractivity (Wildman–Crippen MR) is 84.6 cm³/mol. The molecule has 1 aromatic carbocycles. The standard InChI is InChI=1S/C15H24N2O3S/c1-4-17(11-13-7-5-6-12(2)10-13)15(18)14(16)8-9-21(3,19)20/h5-7,10,14H,4,8-9,11,16H2,1-3H3. The average molecular weight is 312 g/mol. The molecule has 0 aliphatic carbocycles. The van der Waals surface area contributed by atoms with Crippen molar-refractivity contribution >= 4 is 15.7 Å². The van der Waals surface area contributed by atoms with Gasteiger partial charge < -0.3 is 10.6 Å². The minimum atomic E-state index is -3.10. The Bertz CT molecular complexity index is 584. The molecule has 1 unspecified atom stereocenters. The van der Waals surface area contributed by atoms with E-state index in [-0.39, 0.29) is 18.1 Å². The molecule has 1 amide bonds. The van der Waals surface area contributed by atoms with Gasteiger partial charge in [-0.15, -0.1) is 0 Å². The van der Waals surface area contributed by atoms with Gasteiger partial charge in [0.25, 0.3) is 0 Å². The highest BCUT2D eigenvalue weighted by molar-refractivity contribution is 7.90. The van der Waals surface area contributed by atoms with E-state index >= 15 is 0 Å². The van der Waals surface area contributed by atoms with Crippen molar-refractivity contribution in [2.75, 3.05) is 18.6 Å². The minimum Gasteiger partial charge on any atom is -0.337 e. The fourth-order valence-electron chi connectivity index (χ4n) is 2.08. The molecule has 0 saturated heterocycles. The van der Waals surface area contributed by atoms with Crippen molar-refractivity contribution in [2.24, 2.45) is 5.73 Å². The summed E-state index contributed by atoms with van der Waals surface area (Å²) in [5.74, 6) is -0.273. The predicted octanol–water partition coefficient (Wildman–Crippen LogP) is 1.11. The summed E-state index contributed by atoms with van der Waals surface area (Å²) in [5.41, 5.74) is 8.01. The van der Waals surface area contributed by atoms with Crippen molar-refractivity contribution < 1.29 is 13.2 Å². The Labute approximate surface area is 127 Å². The van der Waals surface area contributed by atoms with E-state index in [1.807, 2.05) is 38.1 Å². The molecule has 0 bridgehead atoms. The van der Waals surface area contributed by atoms with E-state index in [0.717, 1.165) is 17.4 Å². The first-order valence-electron chi connectivity index (χ1n) is 7.00. The summed E-state index contributed by atoms with van der Waals surface area (Å²) in [6.45, 7) is 4.92. The second-order valence-corrected chi connectivity index (χ2v) is 7.63. The number of amides is 1. The first-order chi connectivity index (χ1) is 9.73. The number of sulfone groups is 1. The third-order valence-corrected chi connectivity index (χ3v) is 4.24. The quantitative estimate of drug-likeness (QED) is 0.817. The molecule has 6 heteroatoms. The van der Waals surface area contributed by atoms with Crippen LogP contribution in [-0.4, -0.2) is 43.8 Å². The molecule has 0 fully saturated rings. The van der Waals surface area contributed by atoms with Gasteiger partial charge in [-0.05, 0) is 25.8 Å². The Hall–Kier alpha value is -1.40. The maximum Gasteiger partial charge on any atom is 0.239 e. The molecule has 0 spiro atoms. The number of carbonyl (C=O) groups excluding carboxylic acids is 1. The van der Waals surface area contributed by atoms with Gasteiger partial charge >= 0.3 is 0 Å². The maximum atomic E-state index is 12.3. The van der Waals surface area contributed by atoms with E-state index in [2.05, 4.69) is 0 Å². The lowest BCUT2D eigenvalue weighted by Crippen LogP contribution is -2.44. The second-order valence-electron chi connectivity index (χ2n) is 5.37. The fraction of sp³-hybridized carbons (Fsp3) is 0.533. The average Bonchev–Trinajstić information content (AvgIpc) is 2.40. The van der Waals surface area contributed by atoms with E-state index in [9.17, 15) is 13.2 Å². The van der Waals surface area contributed by atoms with Crippen molar-refractivity contribution in [1.82, 2.24) is 4.90 Å². The molecule has 0 aliphatic rings. The summed E-state index contributed by atoms with van der Waals surface area (Å²) in [6.07, 6.45) is 1.30. The summed E-state index contributed by atoms with van der Waals surface area (Å²) in [7, 11) is -3.10. The zero-order valence-corrected chi connectivity index (χ0v) is 13.7. The Morgan fingerprint density at radius 3 is 2.57 bits per heavy atom. The second kappa shape index (κ2) is 7.56. The Balaban J connectivity index is 2.68. The van der Waals surface area contributed by atoms with Crippen LogP contribution in [0.15, 0.2) is 24.3 Å². The molecule has 0 aromatic heterocycles. The number of aryl methyl sites for hydroxylation is 1. The van der Waals surface area contributed by atoms with Crippen LogP contribution in [0.4, 0.5) is 0 Å². The molecule has 0 radical (unpaired) electrons. The first-order valence-corrected chi connectivity index (χ1v) is 9.06. The number of hydrogen-bond acceptors (Lipinski definition) is 4. The largest absolute Gasteiger partial charge is 0.337 e. The molecule has 1 rings (SSSR count). The summed E-state index contributed by atoms with van der Waals surface area (Å²) in [5, 5.41) is 0. The molecular formula is C15H24N2O3S. The number of hydrogen-bond donors (Lipinski definition) is 1. The summed E-state index contributed by atoms with van der Waals surface area (Å²) in [4.78, 5) is 13.9. The van der Waals surface area contributed by atoms with Crippen molar-refractivity contribution in [3.63, 3.8) is 0 Å². The summed E-state index contributed by atoms with van der Waals surface area (Å²) < 4.78 is 22.3. The zero-order chi connectivity index (χ0) is 16.0. The fourth-order valence-corrected chi connectivity index (χ4v) is 2.76. The highest BCUT2D eigenvalue weighted by Gasteiger charge is 2.21. The summed E-state index contributed by atoms with van der Waals surface area (Å²) in [6, 6.07) is 7.17. The van der Waals surface area contributed by atoms with Crippen LogP contribution in [0.2, 0.25) is 0 Å². The molecule has 2 N–H and O–H groups in total. The van der Waals surface area contributed by atoms with Gasteiger partial charge in [0.2, 0.25) is 5.91 Å². The van der Waals surface area contributed by atoms with Gasteiger partial charge in [-0.2, -0.15) is 0 Å². The Morgan fingerprint density at radius 1 is 1.38 bits per heavy atom. The van der Waals surface area contributed by atoms with Crippen LogP contribution in [0, 0.1) is 6.92 Å². The molecule has 5 nitrogen and oxygen atoms in total. The Kier molecular flexibility index (Phi) is 6.36. The topological polar surface area (TPSA) is 80.5 Å². The van der Waals surface area contributed by atoms with E-state index in [4.69, 9.17) is 5.73 Å². The highest BCUT2D eigenvalue weighted by Crippen LogP contribution is 2.09. The minimum absolute atomic E-state index is 0.0676. The van der Waals surface area contributed by atoms with Gasteiger partial charge in [0.1, 0.15) is 9.84 Å². The van der Waals surface area contributed by atoms with Crippen LogP contribution >= 0.6 is 0 Å². The van der Waals surface area contributed by atoms with E-state index in [1.54, 1.807) is 4.90 Å². The van der Waals surface area contributed by atoms with Crippen LogP contribution < -0.4 is 5.73 Å². The third kappa shape index (κ3) is 6.27. The van der Waals surface area contributed by atoms with E-state index in [0.29, 0.717) is 13.1 Å². The number of benzene rings is 1. The van der Waals surface area contributed by atoms with Crippen LogP contribution in [0.1, 0.15) is 24.5 Å². The number of rotatable bonds is 7. The van der Waals surface area contributed by atoms with Gasteiger partial charge in [-0.1, -0.05) is 29.8 Å². The molecule has 1 aromatic rings. The van der Waals surface area contributed by atoms with Crippen molar-refractivity contribution in [3.8, 4) is 0 Å². The van der Waals surface area contributed by atoms with Gasteiger partial charge in [0, 0.05) is 19.3 Å². The van der Waals surface area contributed by atoms with Crippen molar-refractivity contribution in [3.05, 3.63) is 35.4 Å². The lowest BCUT2D eigenvalue weighted by molar-refractivity contribution is -0.133. The monoisotopic (exact) mass is 312 g/mol. The number of nitrogens with zero attached hydrogens (tertiary/aromatic N) is 1. The molecule has 0 saturated carbocycles. The van der Waals surface area contributed by atoms with Crippen LogP contribution in [0.3, 0.4) is 0 Å². The molecule has 1 atom stereocenters. The SMILES string of the molecule is CCN(Cc1cccc(C)c1)C(=O)C(N)CCS(C)(=O)=O.